The number of hydrogen-bond acceptors (Lipinski definition) is 2. The smallest absolute Gasteiger partial charge is 0.0951 e. The highest BCUT2D eigenvalue weighted by Crippen LogP contribution is 2.26. The molecule has 1 heterocycles. The van der Waals surface area contributed by atoms with Crippen molar-refractivity contribution < 1.29 is 4.74 Å². The van der Waals surface area contributed by atoms with Crippen LogP contribution in [0.15, 0.2) is 67.1 Å². The van der Waals surface area contributed by atoms with Crippen molar-refractivity contribution in [3.8, 4) is 0 Å². The zero-order chi connectivity index (χ0) is 17.1. The first-order valence-electron chi connectivity index (χ1n) is 8.73. The van der Waals surface area contributed by atoms with E-state index in [1.165, 1.54) is 32.8 Å². The number of nitrogens with zero attached hydrogens (tertiary/aromatic N) is 2. The molecule has 3 heteroatoms. The van der Waals surface area contributed by atoms with Crippen molar-refractivity contribution in [3.63, 3.8) is 0 Å². The third kappa shape index (κ3) is 3.28. The molecule has 4 rings (SSSR count). The Hall–Kier alpha value is -2.65. The molecule has 0 aliphatic heterocycles. The lowest BCUT2D eigenvalue weighted by atomic mass is 9.99. The Kier molecular flexibility index (Phi) is 4.49. The molecule has 0 amide bonds. The summed E-state index contributed by atoms with van der Waals surface area (Å²) < 4.78 is 7.42. The molecule has 0 bridgehead atoms. The van der Waals surface area contributed by atoms with Crippen molar-refractivity contribution in [2.24, 2.45) is 0 Å². The summed E-state index contributed by atoms with van der Waals surface area (Å²) >= 11 is 0. The first kappa shape index (κ1) is 15.9. The van der Waals surface area contributed by atoms with E-state index in [1.54, 1.807) is 7.11 Å². The summed E-state index contributed by atoms with van der Waals surface area (Å²) in [4.78, 5) is 4.35. The fourth-order valence-electron chi connectivity index (χ4n) is 3.45. The number of fused-ring (bicyclic) bond motifs is 2. The second-order valence-electron chi connectivity index (χ2n) is 6.45. The quantitative estimate of drug-likeness (QED) is 0.374. The van der Waals surface area contributed by atoms with Gasteiger partial charge in [0.25, 0.3) is 0 Å². The number of imidazole rings is 1. The predicted octanol–water partition coefficient (Wildman–Crippen LogP) is 4.82. The largest absolute Gasteiger partial charge is 0.385 e. The molecule has 0 saturated carbocycles. The molecule has 0 aliphatic rings. The molecule has 4 aromatic rings. The van der Waals surface area contributed by atoms with Crippen LogP contribution >= 0.6 is 0 Å². The van der Waals surface area contributed by atoms with E-state index in [0.717, 1.165) is 26.0 Å². The van der Waals surface area contributed by atoms with Crippen LogP contribution < -0.4 is 0 Å². The lowest BCUT2D eigenvalue weighted by Crippen LogP contribution is -2.05. The number of aromatic nitrogens is 2. The highest BCUT2D eigenvalue weighted by atomic mass is 16.5. The van der Waals surface area contributed by atoms with E-state index in [1.807, 2.05) is 12.5 Å². The molecule has 0 spiro atoms. The summed E-state index contributed by atoms with van der Waals surface area (Å²) in [6, 6.07) is 19.7. The number of aryl methyl sites for hydroxylation is 1. The summed E-state index contributed by atoms with van der Waals surface area (Å²) in [6.45, 7) is 1.63. The van der Waals surface area contributed by atoms with Crippen LogP contribution in [0.1, 0.15) is 17.7 Å². The molecule has 0 fully saturated rings. The molecule has 0 atom stereocenters. The van der Waals surface area contributed by atoms with Crippen molar-refractivity contribution in [1.82, 2.24) is 9.55 Å². The van der Waals surface area contributed by atoms with E-state index in [4.69, 9.17) is 4.74 Å². The van der Waals surface area contributed by atoms with Crippen molar-refractivity contribution in [3.05, 3.63) is 78.4 Å². The van der Waals surface area contributed by atoms with Gasteiger partial charge in [-0.3, -0.25) is 0 Å². The molecular weight excluding hydrogens is 308 g/mol. The Morgan fingerprint density at radius 2 is 1.76 bits per heavy atom. The minimum absolute atomic E-state index is 0.783. The van der Waals surface area contributed by atoms with Crippen molar-refractivity contribution >= 4 is 21.5 Å². The number of ether oxygens (including phenoxy) is 1. The first-order chi connectivity index (χ1) is 12.3. The number of rotatable bonds is 6. The van der Waals surface area contributed by atoms with E-state index < -0.39 is 0 Å². The number of methoxy groups -OCH3 is 1. The normalized spacial score (nSPS) is 11.4. The van der Waals surface area contributed by atoms with Gasteiger partial charge in [0, 0.05) is 32.2 Å². The maximum atomic E-state index is 5.17. The molecule has 0 radical (unpaired) electrons. The van der Waals surface area contributed by atoms with E-state index in [9.17, 15) is 0 Å². The van der Waals surface area contributed by atoms with Crippen LogP contribution in [0.4, 0.5) is 0 Å². The number of hydrogen-bond donors (Lipinski definition) is 0. The van der Waals surface area contributed by atoms with Crippen molar-refractivity contribution in [1.29, 1.82) is 0 Å². The van der Waals surface area contributed by atoms with Crippen LogP contribution in [0, 0.1) is 0 Å². The molecule has 0 saturated heterocycles. The molecule has 25 heavy (non-hydrogen) atoms. The lowest BCUT2D eigenvalue weighted by Gasteiger charge is -2.12. The summed E-state index contributed by atoms with van der Waals surface area (Å²) in [5, 5.41) is 5.18. The summed E-state index contributed by atoms with van der Waals surface area (Å²) in [5.74, 6) is 0. The second-order valence-corrected chi connectivity index (χ2v) is 6.45. The SMILES string of the molecule is COCCCc1cncn1Cc1cccc2cc3ccccc3cc12. The molecule has 0 aliphatic carbocycles. The fourth-order valence-corrected chi connectivity index (χ4v) is 3.45. The molecular formula is C22H22N2O. The van der Waals surface area contributed by atoms with E-state index >= 15 is 0 Å². The van der Waals surface area contributed by atoms with Gasteiger partial charge in [-0.2, -0.15) is 0 Å². The maximum Gasteiger partial charge on any atom is 0.0951 e. The van der Waals surface area contributed by atoms with Crippen molar-refractivity contribution in [2.75, 3.05) is 13.7 Å². The van der Waals surface area contributed by atoms with Gasteiger partial charge in [0.1, 0.15) is 0 Å². The van der Waals surface area contributed by atoms with Crippen LogP contribution in [0.3, 0.4) is 0 Å². The van der Waals surface area contributed by atoms with Gasteiger partial charge >= 0.3 is 0 Å². The van der Waals surface area contributed by atoms with E-state index in [-0.39, 0.29) is 0 Å². The standard InChI is InChI=1S/C22H22N2O/c1-25-11-5-10-21-14-23-16-24(21)15-20-9-4-8-19-12-17-6-2-3-7-18(17)13-22(19)20/h2-4,6-9,12-14,16H,5,10-11,15H2,1H3. The van der Waals surface area contributed by atoms with Crippen LogP contribution in [-0.2, 0) is 17.7 Å². The summed E-state index contributed by atoms with van der Waals surface area (Å²) in [6.07, 6.45) is 5.90. The number of benzene rings is 3. The molecule has 1 aromatic heterocycles. The van der Waals surface area contributed by atoms with Crippen molar-refractivity contribution in [2.45, 2.75) is 19.4 Å². The molecule has 126 valence electrons. The first-order valence-corrected chi connectivity index (χ1v) is 8.73. The van der Waals surface area contributed by atoms with Gasteiger partial charge < -0.3 is 9.30 Å². The van der Waals surface area contributed by atoms with Gasteiger partial charge in [0.15, 0.2) is 0 Å². The molecule has 0 unspecified atom stereocenters. The average Bonchev–Trinajstić information content (AvgIpc) is 3.08. The highest BCUT2D eigenvalue weighted by molar-refractivity contribution is 5.99. The highest BCUT2D eigenvalue weighted by Gasteiger charge is 2.07. The summed E-state index contributed by atoms with van der Waals surface area (Å²) in [5.41, 5.74) is 2.59. The van der Waals surface area contributed by atoms with Crippen LogP contribution in [0.5, 0.6) is 0 Å². The van der Waals surface area contributed by atoms with Crippen LogP contribution in [0.2, 0.25) is 0 Å². The minimum Gasteiger partial charge on any atom is -0.385 e. The van der Waals surface area contributed by atoms with Gasteiger partial charge in [0.05, 0.1) is 6.33 Å². The van der Waals surface area contributed by atoms with Gasteiger partial charge in [-0.1, -0.05) is 42.5 Å². The zero-order valence-electron chi connectivity index (χ0n) is 14.5. The minimum atomic E-state index is 0.783. The van der Waals surface area contributed by atoms with Crippen LogP contribution in [0.25, 0.3) is 21.5 Å². The third-order valence-corrected chi connectivity index (χ3v) is 4.76. The summed E-state index contributed by atoms with van der Waals surface area (Å²) in [7, 11) is 1.75. The average molecular weight is 330 g/mol. The van der Waals surface area contributed by atoms with Gasteiger partial charge in [-0.25, -0.2) is 4.98 Å². The maximum absolute atomic E-state index is 5.17. The van der Waals surface area contributed by atoms with Gasteiger partial charge in [-0.05, 0) is 52.1 Å². The Morgan fingerprint density at radius 1 is 0.960 bits per heavy atom. The fraction of sp³-hybridized carbons (Fsp3) is 0.227. The Balaban J connectivity index is 1.70. The second kappa shape index (κ2) is 7.08. The Morgan fingerprint density at radius 3 is 2.60 bits per heavy atom. The van der Waals surface area contributed by atoms with E-state index in [0.29, 0.717) is 0 Å². The third-order valence-electron chi connectivity index (χ3n) is 4.76. The Labute approximate surface area is 147 Å². The molecule has 3 aromatic carbocycles. The molecule has 0 N–H and O–H groups in total. The topological polar surface area (TPSA) is 27.1 Å². The lowest BCUT2D eigenvalue weighted by molar-refractivity contribution is 0.194. The van der Waals surface area contributed by atoms with E-state index in [2.05, 4.69) is 64.1 Å². The predicted molar refractivity (Wildman–Crippen MR) is 103 cm³/mol. The monoisotopic (exact) mass is 330 g/mol. The van der Waals surface area contributed by atoms with Gasteiger partial charge in [-0.15, -0.1) is 0 Å². The zero-order valence-corrected chi connectivity index (χ0v) is 14.5. The van der Waals surface area contributed by atoms with Gasteiger partial charge in [0.2, 0.25) is 0 Å². The van der Waals surface area contributed by atoms with Crippen LogP contribution in [-0.4, -0.2) is 23.3 Å². The molecule has 3 nitrogen and oxygen atoms in total. The Bertz CT molecular complexity index is 1000.